The maximum absolute atomic E-state index is 13.0. The van der Waals surface area contributed by atoms with E-state index in [1.165, 1.54) is 17.7 Å². The third-order valence-corrected chi connectivity index (χ3v) is 5.53. The van der Waals surface area contributed by atoms with Crippen LogP contribution in [0.2, 0.25) is 0 Å². The number of benzene rings is 3. The molecule has 1 heterocycles. The molecule has 0 radical (unpaired) electrons. The molecule has 0 spiro atoms. The number of non-ortho nitro benzene ring substituents is 1. The maximum Gasteiger partial charge on any atom is 0.270 e. The Morgan fingerprint density at radius 1 is 1.03 bits per heavy atom. The lowest BCUT2D eigenvalue weighted by Gasteiger charge is -2.15. The summed E-state index contributed by atoms with van der Waals surface area (Å²) in [6, 6.07) is 21.9. The van der Waals surface area contributed by atoms with E-state index in [9.17, 15) is 14.9 Å². The molecule has 0 bridgehead atoms. The van der Waals surface area contributed by atoms with E-state index < -0.39 is 4.92 Å². The average Bonchev–Trinajstić information content (AvgIpc) is 3.16. The van der Waals surface area contributed by atoms with Crippen molar-refractivity contribution in [1.29, 1.82) is 0 Å². The largest absolute Gasteiger partial charge is 0.354 e. The quantitative estimate of drug-likeness (QED) is 0.178. The highest BCUT2D eigenvalue weighted by molar-refractivity contribution is 6.37. The van der Waals surface area contributed by atoms with Crippen molar-refractivity contribution in [1.82, 2.24) is 5.32 Å². The Hall–Kier alpha value is -3.97. The highest BCUT2D eigenvalue weighted by Crippen LogP contribution is 2.39. The van der Waals surface area contributed by atoms with E-state index in [1.54, 1.807) is 6.07 Å². The zero-order valence-electron chi connectivity index (χ0n) is 18.4. The Balaban J connectivity index is 1.70. The molecule has 0 unspecified atom stereocenters. The maximum atomic E-state index is 13.0. The van der Waals surface area contributed by atoms with E-state index in [2.05, 4.69) is 22.9 Å². The number of nitrogens with one attached hydrogen (secondary N) is 3. The van der Waals surface area contributed by atoms with Gasteiger partial charge in [0.15, 0.2) is 0 Å². The van der Waals surface area contributed by atoms with Gasteiger partial charge in [0.05, 0.1) is 16.2 Å². The summed E-state index contributed by atoms with van der Waals surface area (Å²) in [7, 11) is 0. The molecule has 33 heavy (non-hydrogen) atoms. The van der Waals surface area contributed by atoms with E-state index in [0.29, 0.717) is 22.5 Å². The van der Waals surface area contributed by atoms with Gasteiger partial charge in [0.1, 0.15) is 0 Å². The Morgan fingerprint density at radius 3 is 2.48 bits per heavy atom. The second-order valence-electron chi connectivity index (χ2n) is 7.91. The van der Waals surface area contributed by atoms with Gasteiger partial charge in [-0.05, 0) is 42.3 Å². The second-order valence-corrected chi connectivity index (χ2v) is 7.91. The standard InChI is InChI=1S/C26H26N4O3/c1-2-3-15-27-17-18-9-11-20(12-10-18)28-25(19-7-5-4-6-8-19)24-22-16-21(30(32)33)13-14-23(22)29-26(24)31/h4-14,16,27-28H,2-3,15,17H2,1H3,(H,29,31)/b25-24-. The summed E-state index contributed by atoms with van der Waals surface area (Å²) >= 11 is 0. The topological polar surface area (TPSA) is 96.3 Å². The van der Waals surface area contributed by atoms with Crippen LogP contribution >= 0.6 is 0 Å². The summed E-state index contributed by atoms with van der Waals surface area (Å²) in [5, 5.41) is 21.0. The molecule has 1 aliphatic rings. The molecule has 1 amide bonds. The highest BCUT2D eigenvalue weighted by Gasteiger charge is 2.30. The summed E-state index contributed by atoms with van der Waals surface area (Å²) in [4.78, 5) is 23.8. The van der Waals surface area contributed by atoms with Gasteiger partial charge in [-0.25, -0.2) is 0 Å². The van der Waals surface area contributed by atoms with Gasteiger partial charge in [-0.2, -0.15) is 0 Å². The van der Waals surface area contributed by atoms with Gasteiger partial charge in [-0.3, -0.25) is 14.9 Å². The van der Waals surface area contributed by atoms with Crippen LogP contribution in [0.25, 0.3) is 11.3 Å². The number of rotatable bonds is 9. The molecule has 1 aliphatic heterocycles. The van der Waals surface area contributed by atoms with Gasteiger partial charge >= 0.3 is 0 Å². The van der Waals surface area contributed by atoms with Gasteiger partial charge in [-0.15, -0.1) is 0 Å². The van der Waals surface area contributed by atoms with Gasteiger partial charge in [0, 0.05) is 35.6 Å². The molecule has 0 atom stereocenters. The number of nitro groups is 1. The summed E-state index contributed by atoms with van der Waals surface area (Å²) in [6.45, 7) is 3.95. The number of fused-ring (bicyclic) bond motifs is 1. The van der Waals surface area contributed by atoms with Crippen molar-refractivity contribution in [3.8, 4) is 0 Å². The molecule has 7 heteroatoms. The van der Waals surface area contributed by atoms with Crippen molar-refractivity contribution >= 4 is 34.2 Å². The SMILES string of the molecule is CCCCNCc1ccc(N/C(=C2\C(=O)Nc3ccc([N+](=O)[O-])cc32)c2ccccc2)cc1. The van der Waals surface area contributed by atoms with Crippen molar-refractivity contribution in [3.63, 3.8) is 0 Å². The number of anilines is 2. The third kappa shape index (κ3) is 5.10. The molecule has 168 valence electrons. The first-order chi connectivity index (χ1) is 16.1. The van der Waals surface area contributed by atoms with Crippen molar-refractivity contribution in [2.24, 2.45) is 0 Å². The van der Waals surface area contributed by atoms with Crippen LogP contribution in [0.15, 0.2) is 72.8 Å². The molecule has 0 aliphatic carbocycles. The fraction of sp³-hybridized carbons (Fsp3) is 0.192. The van der Waals surface area contributed by atoms with E-state index in [-0.39, 0.29) is 11.6 Å². The molecule has 3 aromatic rings. The fourth-order valence-corrected chi connectivity index (χ4v) is 3.79. The van der Waals surface area contributed by atoms with Gasteiger partial charge in [0.2, 0.25) is 0 Å². The van der Waals surface area contributed by atoms with E-state index in [0.717, 1.165) is 37.2 Å². The monoisotopic (exact) mass is 442 g/mol. The predicted molar refractivity (Wildman–Crippen MR) is 132 cm³/mol. The van der Waals surface area contributed by atoms with Crippen molar-refractivity contribution in [3.05, 3.63) is 99.6 Å². The zero-order valence-corrected chi connectivity index (χ0v) is 18.4. The first-order valence-electron chi connectivity index (χ1n) is 11.0. The minimum atomic E-state index is -0.455. The molecule has 4 rings (SSSR count). The summed E-state index contributed by atoms with van der Waals surface area (Å²) in [5.41, 5.74) is 4.80. The van der Waals surface area contributed by atoms with Crippen LogP contribution in [0.1, 0.15) is 36.5 Å². The highest BCUT2D eigenvalue weighted by atomic mass is 16.6. The summed E-state index contributed by atoms with van der Waals surface area (Å²) in [5.74, 6) is -0.298. The third-order valence-electron chi connectivity index (χ3n) is 5.53. The minimum absolute atomic E-state index is 0.0601. The number of amides is 1. The Kier molecular flexibility index (Phi) is 6.80. The van der Waals surface area contributed by atoms with Crippen LogP contribution < -0.4 is 16.0 Å². The molecule has 0 saturated heterocycles. The van der Waals surface area contributed by atoms with Gasteiger partial charge in [-0.1, -0.05) is 55.8 Å². The Morgan fingerprint density at radius 2 is 1.79 bits per heavy atom. The molecule has 3 aromatic carbocycles. The van der Waals surface area contributed by atoms with Gasteiger partial charge < -0.3 is 16.0 Å². The number of nitro benzene ring substituents is 1. The van der Waals surface area contributed by atoms with Crippen LogP contribution in [-0.2, 0) is 11.3 Å². The normalized spacial score (nSPS) is 13.9. The number of nitrogens with zero attached hydrogens (tertiary/aromatic N) is 1. The minimum Gasteiger partial charge on any atom is -0.354 e. The van der Waals surface area contributed by atoms with Crippen molar-refractivity contribution in [2.45, 2.75) is 26.3 Å². The summed E-state index contributed by atoms with van der Waals surface area (Å²) < 4.78 is 0. The number of hydrogen-bond donors (Lipinski definition) is 3. The van der Waals surface area contributed by atoms with Crippen molar-refractivity contribution in [2.75, 3.05) is 17.2 Å². The van der Waals surface area contributed by atoms with Crippen LogP contribution in [0.5, 0.6) is 0 Å². The average molecular weight is 443 g/mol. The summed E-state index contributed by atoms with van der Waals surface area (Å²) in [6.07, 6.45) is 2.31. The molecule has 7 nitrogen and oxygen atoms in total. The molecule has 3 N–H and O–H groups in total. The number of unbranched alkanes of at least 4 members (excludes halogenated alkanes) is 1. The fourth-order valence-electron chi connectivity index (χ4n) is 3.79. The van der Waals surface area contributed by atoms with Crippen LogP contribution in [0.4, 0.5) is 17.1 Å². The Labute approximate surface area is 192 Å². The lowest BCUT2D eigenvalue weighted by atomic mass is 9.99. The molecule has 0 fully saturated rings. The first-order valence-corrected chi connectivity index (χ1v) is 11.0. The first kappa shape index (κ1) is 22.2. The zero-order chi connectivity index (χ0) is 23.2. The molecule has 0 saturated carbocycles. The number of carbonyl (C=O) groups is 1. The van der Waals surface area contributed by atoms with Crippen molar-refractivity contribution < 1.29 is 9.72 Å². The van der Waals surface area contributed by atoms with Crippen LogP contribution in [-0.4, -0.2) is 17.4 Å². The van der Waals surface area contributed by atoms with Gasteiger partial charge in [0.25, 0.3) is 11.6 Å². The second kappa shape index (κ2) is 10.1. The predicted octanol–water partition coefficient (Wildman–Crippen LogP) is 5.42. The van der Waals surface area contributed by atoms with Crippen LogP contribution in [0.3, 0.4) is 0 Å². The smallest absolute Gasteiger partial charge is 0.270 e. The Bertz CT molecular complexity index is 1190. The molecular weight excluding hydrogens is 416 g/mol. The number of carbonyl (C=O) groups excluding carboxylic acids is 1. The number of hydrogen-bond acceptors (Lipinski definition) is 5. The molecular formula is C26H26N4O3. The van der Waals surface area contributed by atoms with E-state index >= 15 is 0 Å². The lowest BCUT2D eigenvalue weighted by Crippen LogP contribution is -2.14. The van der Waals surface area contributed by atoms with E-state index in [4.69, 9.17) is 0 Å². The molecule has 0 aromatic heterocycles. The van der Waals surface area contributed by atoms with E-state index in [1.807, 2.05) is 54.6 Å². The lowest BCUT2D eigenvalue weighted by molar-refractivity contribution is -0.384. The van der Waals surface area contributed by atoms with Crippen LogP contribution in [0, 0.1) is 10.1 Å².